The van der Waals surface area contributed by atoms with Gasteiger partial charge in [-0.1, -0.05) is 54.6 Å². The average molecular weight is 589 g/mol. The Balaban J connectivity index is 1.32. The molecule has 2 N–H and O–H groups in total. The van der Waals surface area contributed by atoms with Gasteiger partial charge in [0.1, 0.15) is 0 Å². The lowest BCUT2D eigenvalue weighted by atomic mass is 10.0. The summed E-state index contributed by atoms with van der Waals surface area (Å²) in [7, 11) is -4.41. The molecule has 0 unspecified atom stereocenters. The van der Waals surface area contributed by atoms with E-state index in [2.05, 4.69) is 10.4 Å². The van der Waals surface area contributed by atoms with Crippen LogP contribution in [-0.2, 0) is 39.0 Å². The third-order valence-electron chi connectivity index (χ3n) is 6.65. The highest BCUT2D eigenvalue weighted by molar-refractivity contribution is 7.90. The maximum absolute atomic E-state index is 13.5. The molecule has 11 heteroatoms. The van der Waals surface area contributed by atoms with Crippen LogP contribution in [-0.4, -0.2) is 30.0 Å². The molecule has 0 bridgehead atoms. The zero-order chi connectivity index (χ0) is 29.7. The van der Waals surface area contributed by atoms with Gasteiger partial charge in [-0.3, -0.25) is 14.3 Å². The highest BCUT2D eigenvalue weighted by Gasteiger charge is 2.20. The maximum atomic E-state index is 13.5. The molecule has 214 valence electrons. The molecule has 4 aromatic carbocycles. The highest BCUT2D eigenvalue weighted by Crippen LogP contribution is 2.23. The second-order valence-electron chi connectivity index (χ2n) is 9.66. The molecule has 1 aromatic heterocycles. The minimum Gasteiger partial charge on any atom is -0.326 e. The lowest BCUT2D eigenvalue weighted by molar-refractivity contribution is -0.119. The van der Waals surface area contributed by atoms with E-state index in [1.807, 2.05) is 59.4 Å². The largest absolute Gasteiger partial charge is 0.326 e. The van der Waals surface area contributed by atoms with Gasteiger partial charge >= 0.3 is 0 Å². The van der Waals surface area contributed by atoms with E-state index in [1.54, 1.807) is 29.1 Å². The number of aryl methyl sites for hydroxylation is 1. The standard InChI is InChI=1S/C31H26F2N4O4S/c32-27-13-12-25(19-28(27)33)42(40,41)36-30(38)14-11-23-10-9-21(20-37-16-4-15-34-37)17-29(23)35-31(39)18-24-7-3-6-22-5-1-2-8-26(22)24/h1-10,12-13,15-17,19H,11,14,18,20H2,(H,35,39)(H,36,38). The van der Waals surface area contributed by atoms with Crippen LogP contribution in [0.3, 0.4) is 0 Å². The second-order valence-corrected chi connectivity index (χ2v) is 11.3. The molecule has 0 saturated carbocycles. The van der Waals surface area contributed by atoms with E-state index >= 15 is 0 Å². The Morgan fingerprint density at radius 2 is 1.64 bits per heavy atom. The second kappa shape index (κ2) is 12.3. The van der Waals surface area contributed by atoms with Crippen molar-refractivity contribution in [1.82, 2.24) is 14.5 Å². The Morgan fingerprint density at radius 1 is 0.833 bits per heavy atom. The topological polar surface area (TPSA) is 110 Å². The summed E-state index contributed by atoms with van der Waals surface area (Å²) < 4.78 is 55.4. The Bertz CT molecular complexity index is 1870. The smallest absolute Gasteiger partial charge is 0.264 e. The van der Waals surface area contributed by atoms with Gasteiger partial charge in [-0.15, -0.1) is 0 Å². The number of nitrogens with zero attached hydrogens (tertiary/aromatic N) is 2. The molecular formula is C31H26F2N4O4S. The summed E-state index contributed by atoms with van der Waals surface area (Å²) in [4.78, 5) is 25.2. The van der Waals surface area contributed by atoms with Crippen LogP contribution in [0.1, 0.15) is 23.1 Å². The van der Waals surface area contributed by atoms with E-state index < -0.39 is 32.5 Å². The predicted octanol–water partition coefficient (Wildman–Crippen LogP) is 4.98. The number of rotatable bonds is 10. The van der Waals surface area contributed by atoms with Crippen LogP contribution < -0.4 is 10.0 Å². The Kier molecular flexibility index (Phi) is 8.39. The third-order valence-corrected chi connectivity index (χ3v) is 8.02. The van der Waals surface area contributed by atoms with E-state index in [4.69, 9.17) is 0 Å². The third kappa shape index (κ3) is 6.87. The number of amides is 2. The first-order valence-corrected chi connectivity index (χ1v) is 14.5. The number of sulfonamides is 1. The van der Waals surface area contributed by atoms with E-state index in [9.17, 15) is 26.8 Å². The number of hydrogen-bond acceptors (Lipinski definition) is 5. The number of anilines is 1. The number of carbonyl (C=O) groups is 2. The van der Waals surface area contributed by atoms with Crippen molar-refractivity contribution in [1.29, 1.82) is 0 Å². The summed E-state index contributed by atoms with van der Waals surface area (Å²) >= 11 is 0. The van der Waals surface area contributed by atoms with Gasteiger partial charge < -0.3 is 5.32 Å². The van der Waals surface area contributed by atoms with Crippen molar-refractivity contribution >= 4 is 38.3 Å². The molecule has 42 heavy (non-hydrogen) atoms. The predicted molar refractivity (Wildman–Crippen MR) is 154 cm³/mol. The first-order valence-electron chi connectivity index (χ1n) is 13.0. The number of halogens is 2. The number of aromatic nitrogens is 2. The summed E-state index contributed by atoms with van der Waals surface area (Å²) in [5.74, 6) is -3.64. The Hall–Kier alpha value is -4.90. The summed E-state index contributed by atoms with van der Waals surface area (Å²) in [6, 6.07) is 22.8. The van der Waals surface area contributed by atoms with Crippen molar-refractivity contribution in [2.75, 3.05) is 5.32 Å². The number of carbonyl (C=O) groups excluding carboxylic acids is 2. The molecule has 0 fully saturated rings. The number of benzene rings is 4. The van der Waals surface area contributed by atoms with E-state index in [1.165, 1.54) is 0 Å². The fourth-order valence-electron chi connectivity index (χ4n) is 4.60. The summed E-state index contributed by atoms with van der Waals surface area (Å²) in [5.41, 5.74) is 2.82. The van der Waals surface area contributed by atoms with Crippen molar-refractivity contribution in [2.45, 2.75) is 30.7 Å². The lowest BCUT2D eigenvalue weighted by Crippen LogP contribution is -2.31. The van der Waals surface area contributed by atoms with Gasteiger partial charge in [0, 0.05) is 24.5 Å². The molecule has 0 aliphatic rings. The number of nitrogens with one attached hydrogen (secondary N) is 2. The van der Waals surface area contributed by atoms with Gasteiger partial charge in [0.15, 0.2) is 11.6 Å². The summed E-state index contributed by atoms with van der Waals surface area (Å²) in [6.07, 6.45) is 3.45. The Morgan fingerprint density at radius 3 is 2.43 bits per heavy atom. The van der Waals surface area contributed by atoms with Crippen LogP contribution in [0.5, 0.6) is 0 Å². The first-order chi connectivity index (χ1) is 20.2. The monoisotopic (exact) mass is 588 g/mol. The zero-order valence-corrected chi connectivity index (χ0v) is 23.1. The molecule has 5 aromatic rings. The van der Waals surface area contributed by atoms with Gasteiger partial charge in [0.25, 0.3) is 10.0 Å². The molecule has 0 aliphatic carbocycles. The molecule has 0 saturated heterocycles. The number of hydrogen-bond donors (Lipinski definition) is 2. The number of fused-ring (bicyclic) bond motifs is 1. The molecule has 0 aliphatic heterocycles. The van der Waals surface area contributed by atoms with E-state index in [0.717, 1.165) is 28.0 Å². The fourth-order valence-corrected chi connectivity index (χ4v) is 5.63. The van der Waals surface area contributed by atoms with Crippen LogP contribution in [0.25, 0.3) is 10.8 Å². The first kappa shape index (κ1) is 28.6. The van der Waals surface area contributed by atoms with Gasteiger partial charge in [0.2, 0.25) is 11.8 Å². The minimum absolute atomic E-state index is 0.102. The molecule has 0 atom stereocenters. The van der Waals surface area contributed by atoms with Crippen LogP contribution in [0.4, 0.5) is 14.5 Å². The molecule has 5 rings (SSSR count). The molecule has 1 heterocycles. The van der Waals surface area contributed by atoms with Gasteiger partial charge in [-0.05, 0) is 64.2 Å². The van der Waals surface area contributed by atoms with Crippen molar-refractivity contribution in [2.24, 2.45) is 0 Å². The van der Waals surface area contributed by atoms with Crippen molar-refractivity contribution in [3.8, 4) is 0 Å². The van der Waals surface area contributed by atoms with Gasteiger partial charge in [-0.25, -0.2) is 21.9 Å². The van der Waals surface area contributed by atoms with Crippen LogP contribution in [0.15, 0.2) is 102 Å². The average Bonchev–Trinajstić information content (AvgIpc) is 3.47. The lowest BCUT2D eigenvalue weighted by Gasteiger charge is -2.14. The maximum Gasteiger partial charge on any atom is 0.264 e. The molecular weight excluding hydrogens is 562 g/mol. The SMILES string of the molecule is O=C(Cc1cccc2ccccc12)Nc1cc(Cn2cccn2)ccc1CCC(=O)NS(=O)(=O)c1ccc(F)c(F)c1. The normalized spacial score (nSPS) is 11.4. The van der Waals surface area contributed by atoms with Crippen LogP contribution in [0, 0.1) is 11.6 Å². The van der Waals surface area contributed by atoms with Gasteiger partial charge in [-0.2, -0.15) is 5.10 Å². The van der Waals surface area contributed by atoms with Crippen molar-refractivity contribution in [3.63, 3.8) is 0 Å². The molecule has 8 nitrogen and oxygen atoms in total. The Labute approximate surface area is 241 Å². The highest BCUT2D eigenvalue weighted by atomic mass is 32.2. The van der Waals surface area contributed by atoms with E-state index in [-0.39, 0.29) is 25.2 Å². The molecule has 0 spiro atoms. The van der Waals surface area contributed by atoms with Crippen molar-refractivity contribution < 1.29 is 26.8 Å². The zero-order valence-electron chi connectivity index (χ0n) is 22.3. The summed E-state index contributed by atoms with van der Waals surface area (Å²) in [5, 5.41) is 9.17. The van der Waals surface area contributed by atoms with Gasteiger partial charge in [0.05, 0.1) is 17.9 Å². The fraction of sp³-hybridized carbons (Fsp3) is 0.129. The van der Waals surface area contributed by atoms with E-state index in [0.29, 0.717) is 29.9 Å². The molecule has 0 radical (unpaired) electrons. The minimum atomic E-state index is -4.41. The molecule has 2 amide bonds. The quantitative estimate of drug-likeness (QED) is 0.239. The van der Waals surface area contributed by atoms with Crippen LogP contribution in [0.2, 0.25) is 0 Å². The van der Waals surface area contributed by atoms with Crippen molar-refractivity contribution in [3.05, 3.63) is 126 Å². The summed E-state index contributed by atoms with van der Waals surface area (Å²) in [6.45, 7) is 0.451. The van der Waals surface area contributed by atoms with Crippen LogP contribution >= 0.6 is 0 Å².